The minimum absolute atomic E-state index is 0.0829. The number of unbranched alkanes of at least 4 members (excludes halogenated alkanes) is 1. The average Bonchev–Trinajstić information content (AvgIpc) is 2.11. The maximum atomic E-state index is 11.5. The van der Waals surface area contributed by atoms with E-state index in [1.807, 2.05) is 7.05 Å². The van der Waals surface area contributed by atoms with Crippen LogP contribution < -0.4 is 10.6 Å². The number of carbonyl (C=O) groups excluding carboxylic acids is 1. The smallest absolute Gasteiger partial charge is 0.220 e. The van der Waals surface area contributed by atoms with Crippen molar-refractivity contribution in [3.63, 3.8) is 0 Å². The van der Waals surface area contributed by atoms with Crippen LogP contribution in [0.5, 0.6) is 0 Å². The monoisotopic (exact) mass is 198 g/mol. The third-order valence-corrected chi connectivity index (χ3v) is 2.99. The maximum absolute atomic E-state index is 11.5. The van der Waals surface area contributed by atoms with Crippen LogP contribution in [-0.4, -0.2) is 25.0 Å². The van der Waals surface area contributed by atoms with Gasteiger partial charge in [0.2, 0.25) is 5.91 Å². The Labute approximate surface area is 86.6 Å². The van der Waals surface area contributed by atoms with Crippen molar-refractivity contribution < 1.29 is 4.79 Å². The zero-order valence-electron chi connectivity index (χ0n) is 9.36. The first-order valence-corrected chi connectivity index (χ1v) is 5.68. The molecule has 1 aliphatic carbocycles. The molecular weight excluding hydrogens is 176 g/mol. The van der Waals surface area contributed by atoms with Crippen LogP contribution in [0.3, 0.4) is 0 Å². The summed E-state index contributed by atoms with van der Waals surface area (Å²) in [7, 11) is 1.94. The Bertz CT molecular complexity index is 188. The Hall–Kier alpha value is -0.570. The molecule has 1 amide bonds. The standard InChI is InChI=1S/C11H22N2O/c1-3-4-6-10(14)13-11(9-12-2)7-5-8-11/h12H,3-9H2,1-2H3,(H,13,14). The van der Waals surface area contributed by atoms with Gasteiger partial charge in [0.05, 0.1) is 5.54 Å². The quantitative estimate of drug-likeness (QED) is 0.678. The van der Waals surface area contributed by atoms with E-state index in [0.717, 1.165) is 32.2 Å². The van der Waals surface area contributed by atoms with Crippen LogP contribution in [0.1, 0.15) is 45.4 Å². The summed E-state index contributed by atoms with van der Waals surface area (Å²) >= 11 is 0. The van der Waals surface area contributed by atoms with E-state index >= 15 is 0 Å². The van der Waals surface area contributed by atoms with Crippen molar-refractivity contribution >= 4 is 5.91 Å². The van der Waals surface area contributed by atoms with E-state index in [1.165, 1.54) is 6.42 Å². The Morgan fingerprint density at radius 3 is 2.57 bits per heavy atom. The van der Waals surface area contributed by atoms with Crippen LogP contribution in [0.4, 0.5) is 0 Å². The summed E-state index contributed by atoms with van der Waals surface area (Å²) in [4.78, 5) is 11.5. The van der Waals surface area contributed by atoms with E-state index in [1.54, 1.807) is 0 Å². The molecule has 0 unspecified atom stereocenters. The molecule has 0 heterocycles. The maximum Gasteiger partial charge on any atom is 0.220 e. The van der Waals surface area contributed by atoms with E-state index in [0.29, 0.717) is 6.42 Å². The first kappa shape index (κ1) is 11.5. The molecule has 3 nitrogen and oxygen atoms in total. The summed E-state index contributed by atoms with van der Waals surface area (Å²) in [5.41, 5.74) is 0.0829. The molecule has 1 aliphatic rings. The fourth-order valence-corrected chi connectivity index (χ4v) is 1.98. The molecule has 0 bridgehead atoms. The summed E-state index contributed by atoms with van der Waals surface area (Å²) in [5.74, 6) is 0.224. The predicted octanol–water partition coefficient (Wildman–Crippen LogP) is 1.43. The van der Waals surface area contributed by atoms with Crippen molar-refractivity contribution in [1.82, 2.24) is 10.6 Å². The summed E-state index contributed by atoms with van der Waals surface area (Å²) < 4.78 is 0. The third-order valence-electron chi connectivity index (χ3n) is 2.99. The van der Waals surface area contributed by atoms with Crippen molar-refractivity contribution in [2.75, 3.05) is 13.6 Å². The molecule has 0 aromatic carbocycles. The molecule has 1 saturated carbocycles. The number of hydrogen-bond donors (Lipinski definition) is 2. The first-order chi connectivity index (χ1) is 6.72. The average molecular weight is 198 g/mol. The highest BCUT2D eigenvalue weighted by Crippen LogP contribution is 2.31. The van der Waals surface area contributed by atoms with Gasteiger partial charge in [-0.25, -0.2) is 0 Å². The predicted molar refractivity (Wildman–Crippen MR) is 58.2 cm³/mol. The van der Waals surface area contributed by atoms with E-state index in [2.05, 4.69) is 17.6 Å². The lowest BCUT2D eigenvalue weighted by Crippen LogP contribution is -2.58. The number of nitrogens with one attached hydrogen (secondary N) is 2. The van der Waals surface area contributed by atoms with Crippen LogP contribution in [0.25, 0.3) is 0 Å². The zero-order chi connectivity index (χ0) is 10.4. The van der Waals surface area contributed by atoms with Gasteiger partial charge in [0.25, 0.3) is 0 Å². The van der Waals surface area contributed by atoms with Crippen molar-refractivity contribution in [2.45, 2.75) is 51.0 Å². The molecule has 0 spiro atoms. The third kappa shape index (κ3) is 2.98. The number of carbonyl (C=O) groups is 1. The fourth-order valence-electron chi connectivity index (χ4n) is 1.98. The largest absolute Gasteiger partial charge is 0.349 e. The van der Waals surface area contributed by atoms with Gasteiger partial charge in [-0.1, -0.05) is 13.3 Å². The van der Waals surface area contributed by atoms with Gasteiger partial charge in [0, 0.05) is 13.0 Å². The number of hydrogen-bond acceptors (Lipinski definition) is 2. The van der Waals surface area contributed by atoms with Crippen molar-refractivity contribution in [3.05, 3.63) is 0 Å². The van der Waals surface area contributed by atoms with Gasteiger partial charge in [0.15, 0.2) is 0 Å². The Kier molecular flexibility index (Phi) is 4.39. The highest BCUT2D eigenvalue weighted by Gasteiger charge is 2.37. The van der Waals surface area contributed by atoms with Gasteiger partial charge in [-0.3, -0.25) is 4.79 Å². The number of rotatable bonds is 6. The number of amides is 1. The molecule has 0 saturated heterocycles. The second-order valence-corrected chi connectivity index (χ2v) is 4.32. The van der Waals surface area contributed by atoms with E-state index in [-0.39, 0.29) is 11.4 Å². The molecular formula is C11H22N2O. The Balaban J connectivity index is 2.29. The van der Waals surface area contributed by atoms with Crippen LogP contribution in [-0.2, 0) is 4.79 Å². The molecule has 0 aromatic rings. The van der Waals surface area contributed by atoms with E-state index in [4.69, 9.17) is 0 Å². The Morgan fingerprint density at radius 1 is 1.43 bits per heavy atom. The highest BCUT2D eigenvalue weighted by molar-refractivity contribution is 5.76. The number of likely N-dealkylation sites (N-methyl/N-ethyl adjacent to an activating group) is 1. The lowest BCUT2D eigenvalue weighted by atomic mass is 9.76. The van der Waals surface area contributed by atoms with Gasteiger partial charge in [-0.15, -0.1) is 0 Å². The summed E-state index contributed by atoms with van der Waals surface area (Å²) in [6.07, 6.45) is 6.28. The van der Waals surface area contributed by atoms with Crippen molar-refractivity contribution in [3.8, 4) is 0 Å². The zero-order valence-corrected chi connectivity index (χ0v) is 9.36. The van der Waals surface area contributed by atoms with Crippen LogP contribution in [0.15, 0.2) is 0 Å². The first-order valence-electron chi connectivity index (χ1n) is 5.68. The van der Waals surface area contributed by atoms with E-state index in [9.17, 15) is 4.79 Å². The highest BCUT2D eigenvalue weighted by atomic mass is 16.1. The van der Waals surface area contributed by atoms with Crippen molar-refractivity contribution in [2.24, 2.45) is 0 Å². The van der Waals surface area contributed by atoms with E-state index < -0.39 is 0 Å². The molecule has 0 atom stereocenters. The molecule has 0 aromatic heterocycles. The molecule has 1 rings (SSSR count). The molecule has 3 heteroatoms. The SMILES string of the molecule is CCCCC(=O)NC1(CNC)CCC1. The van der Waals surface area contributed by atoms with Gasteiger partial charge < -0.3 is 10.6 Å². The summed E-state index contributed by atoms with van der Waals surface area (Å²) in [5, 5.41) is 6.32. The van der Waals surface area contributed by atoms with Crippen LogP contribution in [0.2, 0.25) is 0 Å². The Morgan fingerprint density at radius 2 is 2.14 bits per heavy atom. The summed E-state index contributed by atoms with van der Waals surface area (Å²) in [6, 6.07) is 0. The lowest BCUT2D eigenvalue weighted by molar-refractivity contribution is -0.124. The van der Waals surface area contributed by atoms with Crippen LogP contribution >= 0.6 is 0 Å². The molecule has 2 N–H and O–H groups in total. The second-order valence-electron chi connectivity index (χ2n) is 4.32. The summed E-state index contributed by atoms with van der Waals surface area (Å²) in [6.45, 7) is 3.02. The fraction of sp³-hybridized carbons (Fsp3) is 0.909. The lowest BCUT2D eigenvalue weighted by Gasteiger charge is -2.42. The molecule has 0 radical (unpaired) electrons. The normalized spacial score (nSPS) is 18.7. The van der Waals surface area contributed by atoms with Gasteiger partial charge in [0.1, 0.15) is 0 Å². The second kappa shape index (κ2) is 5.35. The van der Waals surface area contributed by atoms with Crippen molar-refractivity contribution in [1.29, 1.82) is 0 Å². The van der Waals surface area contributed by atoms with Gasteiger partial charge in [-0.05, 0) is 32.7 Å². The molecule has 82 valence electrons. The minimum atomic E-state index is 0.0829. The van der Waals surface area contributed by atoms with Gasteiger partial charge >= 0.3 is 0 Å². The molecule has 1 fully saturated rings. The molecule has 0 aliphatic heterocycles. The minimum Gasteiger partial charge on any atom is -0.349 e. The topological polar surface area (TPSA) is 41.1 Å². The van der Waals surface area contributed by atoms with Gasteiger partial charge in [-0.2, -0.15) is 0 Å². The molecule has 14 heavy (non-hydrogen) atoms. The van der Waals surface area contributed by atoms with Crippen LogP contribution in [0, 0.1) is 0 Å².